The fourth-order valence-electron chi connectivity index (χ4n) is 3.03. The highest BCUT2D eigenvalue weighted by molar-refractivity contribution is 5.94. The van der Waals surface area contributed by atoms with Gasteiger partial charge in [-0.05, 0) is 42.3 Å². The molecule has 1 aliphatic rings. The summed E-state index contributed by atoms with van der Waals surface area (Å²) >= 11 is 0. The minimum atomic E-state index is -2.94. The van der Waals surface area contributed by atoms with Crippen LogP contribution in [-0.2, 0) is 6.42 Å². The van der Waals surface area contributed by atoms with Gasteiger partial charge in [0, 0.05) is 37.0 Å². The molecule has 1 amide bonds. The van der Waals surface area contributed by atoms with Crippen LogP contribution in [0.4, 0.5) is 8.78 Å². The van der Waals surface area contributed by atoms with Gasteiger partial charge in [-0.1, -0.05) is 6.07 Å². The Morgan fingerprint density at radius 3 is 2.76 bits per heavy atom. The van der Waals surface area contributed by atoms with E-state index in [9.17, 15) is 18.7 Å². The number of rotatable bonds is 5. The Morgan fingerprint density at radius 1 is 1.28 bits per heavy atom. The number of β-amino-alcohol motifs (C(OH)–C–C–N with tert-alkyl or cyclic N) is 1. The topological polar surface area (TPSA) is 62.7 Å². The number of alkyl halides is 2. The third-order valence-corrected chi connectivity index (χ3v) is 4.25. The third-order valence-electron chi connectivity index (χ3n) is 4.25. The molecule has 0 radical (unpaired) electrons. The van der Waals surface area contributed by atoms with Crippen molar-refractivity contribution in [2.45, 2.75) is 19.1 Å². The van der Waals surface area contributed by atoms with Gasteiger partial charge in [-0.25, -0.2) is 0 Å². The first-order chi connectivity index (χ1) is 12.0. The lowest BCUT2D eigenvalue weighted by atomic mass is 9.97. The number of aliphatic hydroxyl groups excluding tert-OH is 1. The van der Waals surface area contributed by atoms with Gasteiger partial charge in [0.15, 0.2) is 0 Å². The molecule has 132 valence electrons. The molecule has 0 bridgehead atoms. The van der Waals surface area contributed by atoms with Gasteiger partial charge in [0.2, 0.25) is 0 Å². The van der Waals surface area contributed by atoms with Gasteiger partial charge >= 0.3 is 6.61 Å². The molecular weight excluding hydrogens is 330 g/mol. The highest BCUT2D eigenvalue weighted by Crippen LogP contribution is 2.24. The molecule has 5 nitrogen and oxygen atoms in total. The summed E-state index contributed by atoms with van der Waals surface area (Å²) in [6, 6.07) is 9.45. The molecule has 1 saturated heterocycles. The first kappa shape index (κ1) is 17.3. The Bertz CT molecular complexity index is 727. The van der Waals surface area contributed by atoms with Gasteiger partial charge < -0.3 is 14.7 Å². The summed E-state index contributed by atoms with van der Waals surface area (Å²) in [5.74, 6) is -0.447. The van der Waals surface area contributed by atoms with Crippen molar-refractivity contribution in [2.24, 2.45) is 5.92 Å². The van der Waals surface area contributed by atoms with Crippen molar-refractivity contribution in [3.05, 3.63) is 59.9 Å². The minimum Gasteiger partial charge on any atom is -0.435 e. The molecule has 1 fully saturated rings. The summed E-state index contributed by atoms with van der Waals surface area (Å²) in [4.78, 5) is 18.1. The van der Waals surface area contributed by atoms with Crippen LogP contribution in [0.5, 0.6) is 5.75 Å². The number of halogens is 2. The van der Waals surface area contributed by atoms with Crippen LogP contribution in [0, 0.1) is 5.92 Å². The van der Waals surface area contributed by atoms with Crippen molar-refractivity contribution < 1.29 is 23.4 Å². The number of aromatic nitrogens is 1. The number of likely N-dealkylation sites (tertiary alicyclic amines) is 1. The number of ether oxygens (including phenoxy) is 1. The molecule has 25 heavy (non-hydrogen) atoms. The van der Waals surface area contributed by atoms with Crippen molar-refractivity contribution in [2.75, 3.05) is 13.1 Å². The normalized spacial score (nSPS) is 20.1. The number of benzene rings is 1. The van der Waals surface area contributed by atoms with E-state index >= 15 is 0 Å². The van der Waals surface area contributed by atoms with E-state index < -0.39 is 12.7 Å². The molecule has 1 aliphatic heterocycles. The van der Waals surface area contributed by atoms with Gasteiger partial charge in [-0.15, -0.1) is 0 Å². The van der Waals surface area contributed by atoms with Crippen molar-refractivity contribution >= 4 is 5.91 Å². The van der Waals surface area contributed by atoms with Crippen LogP contribution >= 0.6 is 0 Å². The van der Waals surface area contributed by atoms with Crippen molar-refractivity contribution in [3.8, 4) is 5.75 Å². The first-order valence-corrected chi connectivity index (χ1v) is 7.94. The number of aliphatic hydroxyl groups is 1. The Balaban J connectivity index is 1.67. The molecule has 0 spiro atoms. The zero-order valence-electron chi connectivity index (χ0n) is 13.4. The fourth-order valence-corrected chi connectivity index (χ4v) is 3.03. The summed E-state index contributed by atoms with van der Waals surface area (Å²) in [6.45, 7) is -2.32. The summed E-state index contributed by atoms with van der Waals surface area (Å²) in [7, 11) is 0. The number of nitrogens with zero attached hydrogens (tertiary/aromatic N) is 2. The number of hydrogen-bond donors (Lipinski definition) is 1. The smallest absolute Gasteiger partial charge is 0.387 e. The van der Waals surface area contributed by atoms with Gasteiger partial charge in [0.25, 0.3) is 5.91 Å². The van der Waals surface area contributed by atoms with Gasteiger partial charge in [0.1, 0.15) is 5.75 Å². The SMILES string of the molecule is O=C(c1cccc(OC(F)F)c1)N1C[C@@H](Cc2ccncc2)[C@H](O)C1. The number of carbonyl (C=O) groups is 1. The average Bonchev–Trinajstić information content (AvgIpc) is 2.95. The van der Waals surface area contributed by atoms with E-state index in [1.165, 1.54) is 23.1 Å². The van der Waals surface area contributed by atoms with E-state index in [-0.39, 0.29) is 29.7 Å². The Hall–Kier alpha value is -2.54. The standard InChI is InChI=1S/C18H18F2N2O3/c19-18(20)25-15-3-1-2-13(9-15)17(24)22-10-14(16(23)11-22)8-12-4-6-21-7-5-12/h1-7,9,14,16,18,23H,8,10-11H2/t14-,16-/m1/s1. The molecule has 2 aromatic rings. The largest absolute Gasteiger partial charge is 0.435 e. The van der Waals surface area contributed by atoms with E-state index in [0.717, 1.165) is 5.56 Å². The van der Waals surface area contributed by atoms with Crippen LogP contribution in [0.3, 0.4) is 0 Å². The summed E-state index contributed by atoms with van der Waals surface area (Å²) in [5.41, 5.74) is 1.30. The Morgan fingerprint density at radius 2 is 2.04 bits per heavy atom. The second kappa shape index (κ2) is 7.57. The van der Waals surface area contributed by atoms with Crippen LogP contribution in [0.1, 0.15) is 15.9 Å². The van der Waals surface area contributed by atoms with Crippen molar-refractivity contribution in [3.63, 3.8) is 0 Å². The Kier molecular flexibility index (Phi) is 5.23. The maximum absolute atomic E-state index is 12.6. The van der Waals surface area contributed by atoms with Crippen LogP contribution in [-0.4, -0.2) is 46.7 Å². The monoisotopic (exact) mass is 348 g/mol. The van der Waals surface area contributed by atoms with Crippen molar-refractivity contribution in [1.29, 1.82) is 0 Å². The molecule has 2 atom stereocenters. The lowest BCUT2D eigenvalue weighted by Crippen LogP contribution is -2.29. The summed E-state index contributed by atoms with van der Waals surface area (Å²) < 4.78 is 28.9. The predicted molar refractivity (Wildman–Crippen MR) is 86.4 cm³/mol. The fraction of sp³-hybridized carbons (Fsp3) is 0.333. The zero-order valence-corrected chi connectivity index (χ0v) is 13.4. The maximum Gasteiger partial charge on any atom is 0.387 e. The molecule has 7 heteroatoms. The van der Waals surface area contributed by atoms with Crippen LogP contribution < -0.4 is 4.74 Å². The highest BCUT2D eigenvalue weighted by atomic mass is 19.3. The summed E-state index contributed by atoms with van der Waals surface area (Å²) in [5, 5.41) is 10.3. The second-order valence-corrected chi connectivity index (χ2v) is 6.00. The molecule has 0 saturated carbocycles. The molecule has 3 rings (SSSR count). The first-order valence-electron chi connectivity index (χ1n) is 7.94. The van der Waals surface area contributed by atoms with E-state index in [1.807, 2.05) is 12.1 Å². The van der Waals surface area contributed by atoms with Gasteiger partial charge in [-0.2, -0.15) is 8.78 Å². The van der Waals surface area contributed by atoms with Crippen LogP contribution in [0.25, 0.3) is 0 Å². The van der Waals surface area contributed by atoms with Crippen LogP contribution in [0.2, 0.25) is 0 Å². The second-order valence-electron chi connectivity index (χ2n) is 6.00. The van der Waals surface area contributed by atoms with Gasteiger partial charge in [-0.3, -0.25) is 9.78 Å². The van der Waals surface area contributed by atoms with E-state index in [4.69, 9.17) is 0 Å². The number of amides is 1. The molecule has 0 unspecified atom stereocenters. The summed E-state index contributed by atoms with van der Waals surface area (Å²) in [6.07, 6.45) is 3.39. The molecule has 1 aromatic heterocycles. The molecule has 1 aromatic carbocycles. The van der Waals surface area contributed by atoms with Crippen LogP contribution in [0.15, 0.2) is 48.8 Å². The van der Waals surface area contributed by atoms with E-state index in [1.54, 1.807) is 18.5 Å². The van der Waals surface area contributed by atoms with Crippen molar-refractivity contribution in [1.82, 2.24) is 9.88 Å². The molecule has 0 aliphatic carbocycles. The third kappa shape index (κ3) is 4.30. The van der Waals surface area contributed by atoms with E-state index in [2.05, 4.69) is 9.72 Å². The quantitative estimate of drug-likeness (QED) is 0.901. The minimum absolute atomic E-state index is 0.0612. The maximum atomic E-state index is 12.6. The molecule has 2 heterocycles. The predicted octanol–water partition coefficient (Wildman–Crippen LogP) is 2.36. The Labute approximate surface area is 143 Å². The lowest BCUT2D eigenvalue weighted by molar-refractivity contribution is -0.0499. The highest BCUT2D eigenvalue weighted by Gasteiger charge is 2.34. The number of carbonyl (C=O) groups excluding carboxylic acids is 1. The number of pyridine rings is 1. The van der Waals surface area contributed by atoms with E-state index in [0.29, 0.717) is 13.0 Å². The lowest BCUT2D eigenvalue weighted by Gasteiger charge is -2.17. The van der Waals surface area contributed by atoms with Gasteiger partial charge in [0.05, 0.1) is 6.10 Å². The molecular formula is C18H18F2N2O3. The average molecular weight is 348 g/mol. The zero-order chi connectivity index (χ0) is 17.8. The molecule has 1 N–H and O–H groups in total. The number of hydrogen-bond acceptors (Lipinski definition) is 4.